The lowest BCUT2D eigenvalue weighted by molar-refractivity contribution is 0.111. The summed E-state index contributed by atoms with van der Waals surface area (Å²) in [6.07, 6.45) is 13.7. The van der Waals surface area contributed by atoms with Gasteiger partial charge in [-0.2, -0.15) is 0 Å². The van der Waals surface area contributed by atoms with E-state index in [2.05, 4.69) is 95.9 Å². The fraction of sp³-hybridized carbons (Fsp3) is 0.0750. The van der Waals surface area contributed by atoms with Crippen LogP contribution in [0.2, 0.25) is 0 Å². The van der Waals surface area contributed by atoms with Crippen molar-refractivity contribution in [3.63, 3.8) is 0 Å². The maximum Gasteiger partial charge on any atom is 0.150 e. The van der Waals surface area contributed by atoms with Crippen molar-refractivity contribution >= 4 is 40.6 Å². The van der Waals surface area contributed by atoms with Gasteiger partial charge in [-0.1, -0.05) is 103 Å². The Balaban J connectivity index is 1.16. The molecule has 2 atom stereocenters. The molecule has 3 nitrogen and oxygen atoms in total. The summed E-state index contributed by atoms with van der Waals surface area (Å²) >= 11 is 0. The molecule has 3 heteroatoms. The Morgan fingerprint density at radius 1 is 0.767 bits per heavy atom. The minimum absolute atomic E-state index is 0.308. The highest BCUT2D eigenvalue weighted by molar-refractivity contribution is 5.91. The zero-order chi connectivity index (χ0) is 29.2. The molecular formula is C40H31NO2. The number of anilines is 2. The Labute approximate surface area is 252 Å². The molecule has 0 bridgehead atoms. The van der Waals surface area contributed by atoms with E-state index in [1.165, 1.54) is 16.7 Å². The van der Waals surface area contributed by atoms with Crippen LogP contribution < -0.4 is 4.90 Å². The average molecular weight is 558 g/mol. The molecule has 0 fully saturated rings. The van der Waals surface area contributed by atoms with Crippen molar-refractivity contribution in [1.82, 2.24) is 0 Å². The van der Waals surface area contributed by atoms with E-state index >= 15 is 0 Å². The standard InChI is InChI=1S/C40H31NO2/c42-27-35-24-29-9-7-8-10-30(29)26-39(35)40(43)20-16-28-15-17-31-23-34-25-38(19-18-32(34)22-33(31)21-28)41(36-11-3-1-4-12-36)37-13-5-2-6-14-37/h1-21,23-27,32,40,43H,22H2/b20-16+. The Morgan fingerprint density at radius 2 is 1.44 bits per heavy atom. The molecule has 2 aliphatic rings. The summed E-state index contributed by atoms with van der Waals surface area (Å²) in [5.41, 5.74) is 9.36. The predicted octanol–water partition coefficient (Wildman–Crippen LogP) is 9.25. The molecule has 0 aromatic heterocycles. The Kier molecular flexibility index (Phi) is 7.16. The number of para-hydroxylation sites is 2. The Morgan fingerprint density at radius 3 is 2.14 bits per heavy atom. The van der Waals surface area contributed by atoms with Gasteiger partial charge in [0.05, 0.1) is 6.10 Å². The van der Waals surface area contributed by atoms with Crippen LogP contribution >= 0.6 is 0 Å². The maximum absolute atomic E-state index is 11.8. The van der Waals surface area contributed by atoms with Gasteiger partial charge in [0.2, 0.25) is 0 Å². The number of carbonyl (C=O) groups excluding carboxylic acids is 1. The lowest BCUT2D eigenvalue weighted by Crippen LogP contribution is -2.20. The minimum atomic E-state index is -0.880. The van der Waals surface area contributed by atoms with E-state index in [1.807, 2.05) is 54.6 Å². The highest BCUT2D eigenvalue weighted by Crippen LogP contribution is 2.38. The number of fused-ring (bicyclic) bond motifs is 3. The third kappa shape index (κ3) is 5.39. The van der Waals surface area contributed by atoms with Gasteiger partial charge in [0.25, 0.3) is 0 Å². The number of rotatable bonds is 7. The first-order chi connectivity index (χ1) is 21.2. The number of aliphatic hydroxyl groups excluding tert-OH is 1. The van der Waals surface area contributed by atoms with Crippen molar-refractivity contribution in [3.05, 3.63) is 179 Å². The summed E-state index contributed by atoms with van der Waals surface area (Å²) in [6, 6.07) is 39.0. The van der Waals surface area contributed by atoms with Gasteiger partial charge in [0.15, 0.2) is 0 Å². The number of aliphatic hydroxyl groups is 1. The highest BCUT2D eigenvalue weighted by atomic mass is 16.3. The van der Waals surface area contributed by atoms with E-state index in [0.29, 0.717) is 17.0 Å². The van der Waals surface area contributed by atoms with Crippen molar-refractivity contribution in [2.24, 2.45) is 5.92 Å². The number of hydrogen-bond acceptors (Lipinski definition) is 3. The van der Waals surface area contributed by atoms with Crippen LogP contribution in [0.4, 0.5) is 11.4 Å². The topological polar surface area (TPSA) is 40.5 Å². The number of allylic oxidation sites excluding steroid dienone is 4. The molecule has 0 spiro atoms. The second kappa shape index (κ2) is 11.6. The molecule has 1 N–H and O–H groups in total. The molecule has 0 saturated heterocycles. The van der Waals surface area contributed by atoms with Crippen molar-refractivity contribution in [2.75, 3.05) is 4.90 Å². The van der Waals surface area contributed by atoms with E-state index in [9.17, 15) is 9.90 Å². The Hall–Kier alpha value is -5.25. The van der Waals surface area contributed by atoms with Crippen LogP contribution in [0.25, 0.3) is 22.9 Å². The molecule has 0 saturated carbocycles. The number of benzene rings is 5. The van der Waals surface area contributed by atoms with E-state index in [-0.39, 0.29) is 0 Å². The van der Waals surface area contributed by atoms with Gasteiger partial charge >= 0.3 is 0 Å². The van der Waals surface area contributed by atoms with E-state index in [1.54, 1.807) is 6.08 Å². The van der Waals surface area contributed by atoms with E-state index in [0.717, 1.165) is 46.1 Å². The third-order valence-electron chi connectivity index (χ3n) is 8.33. The predicted molar refractivity (Wildman–Crippen MR) is 177 cm³/mol. The minimum Gasteiger partial charge on any atom is -0.384 e. The lowest BCUT2D eigenvalue weighted by atomic mass is 9.80. The first-order valence-corrected chi connectivity index (χ1v) is 14.6. The molecule has 0 aliphatic heterocycles. The van der Waals surface area contributed by atoms with Gasteiger partial charge in [-0.3, -0.25) is 4.79 Å². The molecule has 7 rings (SSSR count). The van der Waals surface area contributed by atoms with Crippen LogP contribution in [0.3, 0.4) is 0 Å². The second-order valence-corrected chi connectivity index (χ2v) is 11.1. The second-order valence-electron chi connectivity index (χ2n) is 11.1. The highest BCUT2D eigenvalue weighted by Gasteiger charge is 2.24. The van der Waals surface area contributed by atoms with E-state index < -0.39 is 6.10 Å². The van der Waals surface area contributed by atoms with Gasteiger partial charge in [0.1, 0.15) is 6.29 Å². The third-order valence-corrected chi connectivity index (χ3v) is 8.33. The van der Waals surface area contributed by atoms with Gasteiger partial charge in [-0.25, -0.2) is 0 Å². The van der Waals surface area contributed by atoms with Crippen molar-refractivity contribution in [2.45, 2.75) is 12.5 Å². The molecule has 43 heavy (non-hydrogen) atoms. The molecule has 0 radical (unpaired) electrons. The van der Waals surface area contributed by atoms with Crippen LogP contribution in [-0.2, 0) is 6.42 Å². The van der Waals surface area contributed by atoms with Crippen molar-refractivity contribution in [1.29, 1.82) is 0 Å². The SMILES string of the molecule is O=Cc1cc2ccccc2cc1C(O)/C=C/c1ccc2c(c1)CC1C=CC(N(c3ccccc3)c3ccccc3)=CC1=C2. The smallest absolute Gasteiger partial charge is 0.150 e. The van der Waals surface area contributed by atoms with Crippen molar-refractivity contribution in [3.8, 4) is 0 Å². The molecule has 2 unspecified atom stereocenters. The first kappa shape index (κ1) is 26.6. The van der Waals surface area contributed by atoms with Gasteiger partial charge in [-0.05, 0) is 93.6 Å². The number of hydrogen-bond donors (Lipinski definition) is 1. The van der Waals surface area contributed by atoms with Crippen molar-refractivity contribution < 1.29 is 9.90 Å². The molecule has 0 amide bonds. The van der Waals surface area contributed by atoms with Gasteiger partial charge < -0.3 is 10.0 Å². The molecule has 0 heterocycles. The summed E-state index contributed by atoms with van der Waals surface area (Å²) in [6.45, 7) is 0. The average Bonchev–Trinajstić information content (AvgIpc) is 3.06. The van der Waals surface area contributed by atoms with Crippen LogP contribution in [-0.4, -0.2) is 11.4 Å². The number of nitrogens with zero attached hydrogens (tertiary/aromatic N) is 1. The first-order valence-electron chi connectivity index (χ1n) is 14.6. The molecule has 2 aliphatic carbocycles. The monoisotopic (exact) mass is 557 g/mol. The Bertz CT molecular complexity index is 1890. The summed E-state index contributed by atoms with van der Waals surface area (Å²) in [5.74, 6) is 0.308. The molecule has 5 aromatic carbocycles. The maximum atomic E-state index is 11.8. The summed E-state index contributed by atoms with van der Waals surface area (Å²) in [5, 5.41) is 13.0. The normalized spacial score (nSPS) is 16.3. The molecule has 5 aromatic rings. The summed E-state index contributed by atoms with van der Waals surface area (Å²) < 4.78 is 0. The largest absolute Gasteiger partial charge is 0.384 e. The van der Waals surface area contributed by atoms with Crippen LogP contribution in [0.15, 0.2) is 151 Å². The fourth-order valence-electron chi connectivity index (χ4n) is 6.13. The van der Waals surface area contributed by atoms with Gasteiger partial charge in [-0.15, -0.1) is 0 Å². The zero-order valence-electron chi connectivity index (χ0n) is 23.7. The summed E-state index contributed by atoms with van der Waals surface area (Å²) in [7, 11) is 0. The lowest BCUT2D eigenvalue weighted by Gasteiger charge is -2.31. The van der Waals surface area contributed by atoms with Crippen LogP contribution in [0.5, 0.6) is 0 Å². The molecular weight excluding hydrogens is 526 g/mol. The van der Waals surface area contributed by atoms with Crippen LogP contribution in [0.1, 0.15) is 38.7 Å². The zero-order valence-corrected chi connectivity index (χ0v) is 23.7. The van der Waals surface area contributed by atoms with Crippen LogP contribution in [0, 0.1) is 5.92 Å². The van der Waals surface area contributed by atoms with E-state index in [4.69, 9.17) is 0 Å². The number of carbonyl (C=O) groups is 1. The quantitative estimate of drug-likeness (QED) is 0.203. The fourth-order valence-corrected chi connectivity index (χ4v) is 6.13. The number of aldehydes is 1. The molecule has 208 valence electrons. The summed E-state index contributed by atoms with van der Waals surface area (Å²) in [4.78, 5) is 14.1. The van der Waals surface area contributed by atoms with Gasteiger partial charge in [0, 0.05) is 28.6 Å².